The van der Waals surface area contributed by atoms with Crippen molar-refractivity contribution in [2.75, 3.05) is 11.5 Å². The van der Waals surface area contributed by atoms with Crippen LogP contribution in [-0.4, -0.2) is 67.1 Å². The van der Waals surface area contributed by atoms with Crippen LogP contribution in [0.25, 0.3) is 0 Å². The van der Waals surface area contributed by atoms with E-state index in [1.807, 2.05) is 0 Å². The summed E-state index contributed by atoms with van der Waals surface area (Å²) in [4.78, 5) is 65.4. The van der Waals surface area contributed by atoms with E-state index in [0.29, 0.717) is 11.3 Å². The molecule has 0 unspecified atom stereocenters. The number of amides is 3. The van der Waals surface area contributed by atoms with Crippen LogP contribution in [0.2, 0.25) is 0 Å². The van der Waals surface area contributed by atoms with Crippen LogP contribution in [0.3, 0.4) is 0 Å². The molecular formula is C22H17N3O7S. The summed E-state index contributed by atoms with van der Waals surface area (Å²) in [6.45, 7) is 0. The zero-order valence-corrected chi connectivity index (χ0v) is 17.9. The maximum Gasteiger partial charge on any atom is 0.327 e. The van der Waals surface area contributed by atoms with Gasteiger partial charge in [0.25, 0.3) is 17.5 Å². The number of nitro groups is 1. The van der Waals surface area contributed by atoms with E-state index in [1.165, 1.54) is 40.9 Å². The molecule has 3 aliphatic heterocycles. The third kappa shape index (κ3) is 3.10. The van der Waals surface area contributed by atoms with Crippen molar-refractivity contribution in [2.24, 2.45) is 0 Å². The Bertz CT molecular complexity index is 1210. The summed E-state index contributed by atoms with van der Waals surface area (Å²) in [5, 5.41) is 21.6. The topological polar surface area (TPSA) is 138 Å². The Morgan fingerprint density at radius 2 is 1.67 bits per heavy atom. The molecule has 33 heavy (non-hydrogen) atoms. The van der Waals surface area contributed by atoms with Gasteiger partial charge in [0.2, 0.25) is 5.91 Å². The molecule has 3 aliphatic rings. The van der Waals surface area contributed by atoms with E-state index >= 15 is 0 Å². The van der Waals surface area contributed by atoms with Crippen molar-refractivity contribution in [3.63, 3.8) is 0 Å². The number of aliphatic carboxylic acids is 1. The molecule has 1 saturated heterocycles. The molecule has 2 aromatic rings. The Balaban J connectivity index is 1.70. The monoisotopic (exact) mass is 467 g/mol. The molecule has 0 bridgehead atoms. The lowest BCUT2D eigenvalue weighted by atomic mass is 9.95. The minimum atomic E-state index is -1.40. The normalized spacial score (nSPS) is 24.1. The van der Waals surface area contributed by atoms with Gasteiger partial charge in [-0.3, -0.25) is 29.4 Å². The summed E-state index contributed by atoms with van der Waals surface area (Å²) in [6, 6.07) is 7.29. The van der Waals surface area contributed by atoms with E-state index in [-0.39, 0.29) is 34.6 Å². The molecule has 0 radical (unpaired) electrons. The first kappa shape index (κ1) is 21.1. The Kier molecular flexibility index (Phi) is 4.93. The van der Waals surface area contributed by atoms with Gasteiger partial charge in [-0.1, -0.05) is 24.3 Å². The van der Waals surface area contributed by atoms with Gasteiger partial charge in [-0.15, -0.1) is 0 Å². The maximum atomic E-state index is 13.8. The lowest BCUT2D eigenvalue weighted by Crippen LogP contribution is -2.58. The fourth-order valence-electron chi connectivity index (χ4n) is 4.85. The number of carbonyl (C=O) groups excluding carboxylic acids is 3. The van der Waals surface area contributed by atoms with Crippen LogP contribution in [0.15, 0.2) is 42.5 Å². The molecule has 0 saturated carbocycles. The van der Waals surface area contributed by atoms with Crippen molar-refractivity contribution >= 4 is 41.1 Å². The highest BCUT2D eigenvalue weighted by atomic mass is 32.2. The highest BCUT2D eigenvalue weighted by Crippen LogP contribution is 2.42. The Labute approximate surface area is 191 Å². The van der Waals surface area contributed by atoms with Crippen LogP contribution in [0.4, 0.5) is 5.69 Å². The molecule has 0 spiro atoms. The SMILES string of the molecule is O=C(O)[C@H]1CSC[C@H]2c3cccc([N+](=O)[O-])c3C[C@@H](N3C(=O)c4ccccc4C3=O)C(=O)N12. The summed E-state index contributed by atoms with van der Waals surface area (Å²) in [5.74, 6) is -2.78. The number of carboxylic acids is 1. The lowest BCUT2D eigenvalue weighted by Gasteiger charge is -2.40. The van der Waals surface area contributed by atoms with Gasteiger partial charge in [-0.25, -0.2) is 4.79 Å². The van der Waals surface area contributed by atoms with Crippen molar-refractivity contribution in [3.8, 4) is 0 Å². The van der Waals surface area contributed by atoms with E-state index in [1.54, 1.807) is 18.2 Å². The van der Waals surface area contributed by atoms with Gasteiger partial charge in [-0.2, -0.15) is 11.8 Å². The second kappa shape index (κ2) is 7.69. The summed E-state index contributed by atoms with van der Waals surface area (Å²) in [7, 11) is 0. The van der Waals surface area contributed by atoms with E-state index < -0.39 is 46.7 Å². The number of rotatable bonds is 3. The van der Waals surface area contributed by atoms with Gasteiger partial charge >= 0.3 is 5.97 Å². The highest BCUT2D eigenvalue weighted by Gasteiger charge is 2.51. The molecule has 10 nitrogen and oxygen atoms in total. The average Bonchev–Trinajstić information content (AvgIpc) is 2.98. The van der Waals surface area contributed by atoms with Crippen LogP contribution in [-0.2, 0) is 16.0 Å². The quantitative estimate of drug-likeness (QED) is 0.410. The van der Waals surface area contributed by atoms with E-state index in [4.69, 9.17) is 0 Å². The molecular weight excluding hydrogens is 450 g/mol. The number of fused-ring (bicyclic) bond motifs is 4. The van der Waals surface area contributed by atoms with Gasteiger partial charge in [0.1, 0.15) is 12.1 Å². The van der Waals surface area contributed by atoms with Crippen molar-refractivity contribution in [1.82, 2.24) is 9.80 Å². The lowest BCUT2D eigenvalue weighted by molar-refractivity contribution is -0.385. The first-order chi connectivity index (χ1) is 15.8. The minimum Gasteiger partial charge on any atom is -0.480 e. The zero-order valence-electron chi connectivity index (χ0n) is 17.0. The highest BCUT2D eigenvalue weighted by molar-refractivity contribution is 7.99. The van der Waals surface area contributed by atoms with Crippen molar-refractivity contribution in [2.45, 2.75) is 24.5 Å². The fraction of sp³-hybridized carbons (Fsp3) is 0.273. The predicted octanol–water partition coefficient (Wildman–Crippen LogP) is 1.89. The van der Waals surface area contributed by atoms with E-state index in [0.717, 1.165) is 4.90 Å². The standard InChI is InChI=1S/C22H17N3O7S/c26-19-12-4-1-2-5-13(12)20(27)24(19)16-8-14-11(6-3-7-15(14)25(31)32)17-9-33-10-18(22(29)30)23(17)21(16)28/h1-7,16-18H,8-10H2,(H,29,30)/t16-,17+,18-/m1/s1. The van der Waals surface area contributed by atoms with Gasteiger partial charge in [0, 0.05) is 29.6 Å². The van der Waals surface area contributed by atoms with Crippen LogP contribution >= 0.6 is 11.8 Å². The Hall–Kier alpha value is -3.73. The number of carbonyl (C=O) groups is 4. The first-order valence-corrected chi connectivity index (χ1v) is 11.3. The van der Waals surface area contributed by atoms with Gasteiger partial charge in [-0.05, 0) is 17.7 Å². The minimum absolute atomic E-state index is 0.136. The van der Waals surface area contributed by atoms with Crippen molar-refractivity contribution in [1.29, 1.82) is 0 Å². The number of thioether (sulfide) groups is 1. The maximum absolute atomic E-state index is 13.8. The second-order valence-corrected chi connectivity index (χ2v) is 9.08. The van der Waals surface area contributed by atoms with Crippen LogP contribution in [0, 0.1) is 10.1 Å². The number of benzene rings is 2. The first-order valence-electron chi connectivity index (χ1n) is 10.2. The van der Waals surface area contributed by atoms with Gasteiger partial charge in [0.05, 0.1) is 22.1 Å². The number of hydrogen-bond donors (Lipinski definition) is 1. The molecule has 1 fully saturated rings. The number of nitrogens with zero attached hydrogens (tertiary/aromatic N) is 3. The van der Waals surface area contributed by atoms with Crippen LogP contribution in [0.5, 0.6) is 0 Å². The third-order valence-electron chi connectivity index (χ3n) is 6.33. The summed E-state index contributed by atoms with van der Waals surface area (Å²) in [5.41, 5.74) is 0.753. The third-order valence-corrected chi connectivity index (χ3v) is 7.43. The van der Waals surface area contributed by atoms with Crippen molar-refractivity contribution in [3.05, 3.63) is 74.8 Å². The van der Waals surface area contributed by atoms with Crippen LogP contribution in [0.1, 0.15) is 37.9 Å². The number of hydrogen-bond acceptors (Lipinski definition) is 7. The molecule has 168 valence electrons. The molecule has 3 amide bonds. The predicted molar refractivity (Wildman–Crippen MR) is 116 cm³/mol. The molecule has 5 rings (SSSR count). The average molecular weight is 467 g/mol. The van der Waals surface area contributed by atoms with E-state index in [9.17, 15) is 34.4 Å². The van der Waals surface area contributed by atoms with Crippen molar-refractivity contribution < 1.29 is 29.2 Å². The van der Waals surface area contributed by atoms with Crippen LogP contribution < -0.4 is 0 Å². The number of imide groups is 1. The Morgan fingerprint density at radius 1 is 1.00 bits per heavy atom. The van der Waals surface area contributed by atoms with Gasteiger partial charge < -0.3 is 10.0 Å². The van der Waals surface area contributed by atoms with Gasteiger partial charge in [0.15, 0.2) is 0 Å². The summed E-state index contributed by atoms with van der Waals surface area (Å²) < 4.78 is 0. The molecule has 3 heterocycles. The second-order valence-electron chi connectivity index (χ2n) is 8.00. The van der Waals surface area contributed by atoms with E-state index in [2.05, 4.69) is 0 Å². The smallest absolute Gasteiger partial charge is 0.327 e. The molecule has 0 aliphatic carbocycles. The fourth-order valence-corrected chi connectivity index (χ4v) is 6.08. The zero-order chi connectivity index (χ0) is 23.4. The molecule has 1 N–H and O–H groups in total. The molecule has 11 heteroatoms. The number of carboxylic acid groups (broad SMARTS) is 1. The molecule has 0 aromatic heterocycles. The summed E-state index contributed by atoms with van der Waals surface area (Å²) >= 11 is 1.34. The Morgan fingerprint density at radius 3 is 2.27 bits per heavy atom. The number of nitro benzene ring substituents is 1. The summed E-state index contributed by atoms with van der Waals surface area (Å²) in [6.07, 6.45) is -0.263. The molecule has 2 aromatic carbocycles. The molecule has 3 atom stereocenters. The largest absolute Gasteiger partial charge is 0.480 e.